The van der Waals surface area contributed by atoms with Crippen molar-refractivity contribution >= 4 is 5.82 Å². The van der Waals surface area contributed by atoms with Crippen LogP contribution in [0, 0.1) is 0 Å². The molecule has 0 saturated heterocycles. The predicted octanol–water partition coefficient (Wildman–Crippen LogP) is 1.70. The summed E-state index contributed by atoms with van der Waals surface area (Å²) >= 11 is 0. The first-order valence-electron chi connectivity index (χ1n) is 6.68. The molecule has 2 heterocycles. The third kappa shape index (κ3) is 3.26. The Hall–Kier alpha value is -2.11. The molecule has 1 unspecified atom stereocenters. The van der Waals surface area contributed by atoms with Crippen molar-refractivity contribution in [3.63, 3.8) is 0 Å². The van der Waals surface area contributed by atoms with Crippen molar-refractivity contribution in [1.82, 2.24) is 19.1 Å². The number of aromatic nitrogens is 4. The van der Waals surface area contributed by atoms with Gasteiger partial charge in [-0.1, -0.05) is 0 Å². The van der Waals surface area contributed by atoms with Gasteiger partial charge in [0.1, 0.15) is 0 Å². The minimum absolute atomic E-state index is 0.0835. The number of hydrogen-bond acceptors (Lipinski definition) is 4. The second-order valence-corrected chi connectivity index (χ2v) is 5.93. The number of hydrogen-bond donors (Lipinski definition) is 1. The molecule has 0 amide bonds. The Morgan fingerprint density at radius 3 is 2.65 bits per heavy atom. The van der Waals surface area contributed by atoms with Crippen LogP contribution in [0.15, 0.2) is 35.9 Å². The lowest BCUT2D eigenvalue weighted by Crippen LogP contribution is -2.36. The molecule has 0 fully saturated rings. The Balaban J connectivity index is 2.16. The molecule has 6 nitrogen and oxygen atoms in total. The molecule has 20 heavy (non-hydrogen) atoms. The Morgan fingerprint density at radius 2 is 2.05 bits per heavy atom. The van der Waals surface area contributed by atoms with Crippen molar-refractivity contribution in [3.05, 3.63) is 41.5 Å². The standard InChI is InChI=1S/C14H21N5O/c1-11(9-18-7-5-15-10-18)17-12-13(20)19(8-6-16-12)14(2,3)4/h5-8,10-11H,9H2,1-4H3,(H,16,17). The molecule has 0 aliphatic carbocycles. The normalized spacial score (nSPS) is 13.2. The van der Waals surface area contributed by atoms with E-state index in [0.717, 1.165) is 6.54 Å². The van der Waals surface area contributed by atoms with Crippen LogP contribution >= 0.6 is 0 Å². The highest BCUT2D eigenvalue weighted by Gasteiger charge is 2.17. The molecule has 0 aliphatic rings. The fourth-order valence-corrected chi connectivity index (χ4v) is 2.03. The molecule has 2 rings (SSSR count). The van der Waals surface area contributed by atoms with Crippen LogP contribution in [0.1, 0.15) is 27.7 Å². The average molecular weight is 275 g/mol. The van der Waals surface area contributed by atoms with Crippen LogP contribution in [0.3, 0.4) is 0 Å². The molecular formula is C14H21N5O. The van der Waals surface area contributed by atoms with Gasteiger partial charge in [0.15, 0.2) is 5.82 Å². The quantitative estimate of drug-likeness (QED) is 0.922. The topological polar surface area (TPSA) is 64.7 Å². The van der Waals surface area contributed by atoms with E-state index in [-0.39, 0.29) is 17.1 Å². The summed E-state index contributed by atoms with van der Waals surface area (Å²) in [6.45, 7) is 8.72. The van der Waals surface area contributed by atoms with E-state index in [1.807, 2.05) is 38.5 Å². The van der Waals surface area contributed by atoms with Crippen LogP contribution in [-0.4, -0.2) is 25.1 Å². The van der Waals surface area contributed by atoms with Gasteiger partial charge in [-0.15, -0.1) is 0 Å². The summed E-state index contributed by atoms with van der Waals surface area (Å²) in [7, 11) is 0. The molecule has 2 aromatic heterocycles. The van der Waals surface area contributed by atoms with Gasteiger partial charge in [-0.3, -0.25) is 4.79 Å². The van der Waals surface area contributed by atoms with E-state index in [1.165, 1.54) is 0 Å². The maximum Gasteiger partial charge on any atom is 0.293 e. The van der Waals surface area contributed by atoms with Crippen LogP contribution < -0.4 is 10.9 Å². The Morgan fingerprint density at radius 1 is 1.30 bits per heavy atom. The van der Waals surface area contributed by atoms with Gasteiger partial charge in [-0.2, -0.15) is 0 Å². The smallest absolute Gasteiger partial charge is 0.293 e. The van der Waals surface area contributed by atoms with E-state index in [4.69, 9.17) is 0 Å². The maximum atomic E-state index is 12.4. The summed E-state index contributed by atoms with van der Waals surface area (Å²) in [5, 5.41) is 3.17. The third-order valence-electron chi connectivity index (χ3n) is 2.99. The summed E-state index contributed by atoms with van der Waals surface area (Å²) in [5.41, 5.74) is -0.359. The molecule has 0 aliphatic heterocycles. The number of imidazole rings is 1. The third-order valence-corrected chi connectivity index (χ3v) is 2.99. The highest BCUT2D eigenvalue weighted by atomic mass is 16.1. The summed E-state index contributed by atoms with van der Waals surface area (Å²) in [4.78, 5) is 20.5. The van der Waals surface area contributed by atoms with E-state index in [1.54, 1.807) is 29.5 Å². The van der Waals surface area contributed by atoms with E-state index in [0.29, 0.717) is 5.82 Å². The van der Waals surface area contributed by atoms with Crippen LogP contribution in [-0.2, 0) is 12.1 Å². The van der Waals surface area contributed by atoms with E-state index in [2.05, 4.69) is 15.3 Å². The van der Waals surface area contributed by atoms with Gasteiger partial charge in [0.05, 0.1) is 6.33 Å². The average Bonchev–Trinajstić information content (AvgIpc) is 2.83. The lowest BCUT2D eigenvalue weighted by molar-refractivity contribution is 0.383. The molecule has 0 aromatic carbocycles. The maximum absolute atomic E-state index is 12.4. The SMILES string of the molecule is CC(Cn1ccnc1)Nc1nccn(C(C)(C)C)c1=O. The first-order chi connectivity index (χ1) is 9.38. The van der Waals surface area contributed by atoms with Crippen molar-refractivity contribution < 1.29 is 0 Å². The summed E-state index contributed by atoms with van der Waals surface area (Å²) in [6, 6.07) is 0.0835. The zero-order chi connectivity index (χ0) is 14.8. The van der Waals surface area contributed by atoms with Crippen molar-refractivity contribution in [2.45, 2.75) is 45.8 Å². The lowest BCUT2D eigenvalue weighted by atomic mass is 10.1. The molecule has 0 saturated carbocycles. The van der Waals surface area contributed by atoms with E-state index < -0.39 is 0 Å². The molecule has 6 heteroatoms. The summed E-state index contributed by atoms with van der Waals surface area (Å²) < 4.78 is 3.65. The highest BCUT2D eigenvalue weighted by molar-refractivity contribution is 5.32. The van der Waals surface area contributed by atoms with Crippen LogP contribution in [0.4, 0.5) is 5.82 Å². The monoisotopic (exact) mass is 275 g/mol. The van der Waals surface area contributed by atoms with Crippen LogP contribution in [0.2, 0.25) is 0 Å². The molecule has 0 spiro atoms. The van der Waals surface area contributed by atoms with Crippen molar-refractivity contribution in [1.29, 1.82) is 0 Å². The summed E-state index contributed by atoms with van der Waals surface area (Å²) in [5.74, 6) is 0.384. The van der Waals surface area contributed by atoms with Crippen molar-refractivity contribution in [2.24, 2.45) is 0 Å². The molecule has 108 valence electrons. The first kappa shape index (κ1) is 14.3. The first-order valence-corrected chi connectivity index (χ1v) is 6.68. The second kappa shape index (κ2) is 5.48. The zero-order valence-electron chi connectivity index (χ0n) is 12.4. The van der Waals surface area contributed by atoms with Gasteiger partial charge in [-0.25, -0.2) is 9.97 Å². The summed E-state index contributed by atoms with van der Waals surface area (Å²) in [6.07, 6.45) is 8.75. The van der Waals surface area contributed by atoms with Crippen molar-refractivity contribution in [2.75, 3.05) is 5.32 Å². The molecule has 0 radical (unpaired) electrons. The van der Waals surface area contributed by atoms with Gasteiger partial charge in [-0.05, 0) is 27.7 Å². The van der Waals surface area contributed by atoms with E-state index >= 15 is 0 Å². The minimum atomic E-state index is -0.260. The fraction of sp³-hybridized carbons (Fsp3) is 0.500. The molecule has 0 bridgehead atoms. The van der Waals surface area contributed by atoms with Gasteiger partial charge >= 0.3 is 0 Å². The second-order valence-electron chi connectivity index (χ2n) is 5.93. The Labute approximate surface area is 118 Å². The Kier molecular flexibility index (Phi) is 3.92. The number of rotatable bonds is 4. The van der Waals surface area contributed by atoms with E-state index in [9.17, 15) is 4.79 Å². The van der Waals surface area contributed by atoms with Crippen LogP contribution in [0.25, 0.3) is 0 Å². The molecular weight excluding hydrogens is 254 g/mol. The minimum Gasteiger partial charge on any atom is -0.361 e. The van der Waals surface area contributed by atoms with Gasteiger partial charge < -0.3 is 14.5 Å². The fourth-order valence-electron chi connectivity index (χ4n) is 2.03. The Bertz CT molecular complexity index is 609. The number of nitrogens with one attached hydrogen (secondary N) is 1. The van der Waals surface area contributed by atoms with Crippen LogP contribution in [0.5, 0.6) is 0 Å². The number of nitrogens with zero attached hydrogens (tertiary/aromatic N) is 4. The largest absolute Gasteiger partial charge is 0.361 e. The predicted molar refractivity (Wildman–Crippen MR) is 78.8 cm³/mol. The molecule has 1 N–H and O–H groups in total. The van der Waals surface area contributed by atoms with Gasteiger partial charge in [0.25, 0.3) is 5.56 Å². The molecule has 2 aromatic rings. The lowest BCUT2D eigenvalue weighted by Gasteiger charge is -2.23. The van der Waals surface area contributed by atoms with Gasteiger partial charge in [0, 0.05) is 42.9 Å². The van der Waals surface area contributed by atoms with Crippen molar-refractivity contribution in [3.8, 4) is 0 Å². The zero-order valence-corrected chi connectivity index (χ0v) is 12.4. The number of anilines is 1. The van der Waals surface area contributed by atoms with Gasteiger partial charge in [0.2, 0.25) is 0 Å². The highest BCUT2D eigenvalue weighted by Crippen LogP contribution is 2.11. The molecule has 1 atom stereocenters.